The summed E-state index contributed by atoms with van der Waals surface area (Å²) in [7, 11) is 2.28. The third kappa shape index (κ3) is 3.48. The molecule has 5 heterocycles. The predicted molar refractivity (Wildman–Crippen MR) is 157 cm³/mol. The topological polar surface area (TPSA) is 27.1 Å². The van der Waals surface area contributed by atoms with Crippen molar-refractivity contribution >= 4 is 38.9 Å². The van der Waals surface area contributed by atoms with Gasteiger partial charge in [0.15, 0.2) is 18.0 Å². The fourth-order valence-corrected chi connectivity index (χ4v) is 6.44. The van der Waals surface area contributed by atoms with E-state index in [9.17, 15) is 0 Å². The second kappa shape index (κ2) is 8.87. The maximum Gasteiger partial charge on any atom is 0.179 e. The van der Waals surface area contributed by atoms with Crippen molar-refractivity contribution in [2.45, 2.75) is 13.8 Å². The molecule has 6 aromatic rings. The van der Waals surface area contributed by atoms with E-state index in [0.717, 1.165) is 44.5 Å². The van der Waals surface area contributed by atoms with E-state index in [0.29, 0.717) is 16.0 Å². The number of aromatic nitrogens is 2. The Morgan fingerprint density at radius 2 is 1.57 bits per heavy atom. The first kappa shape index (κ1) is 25.2. The summed E-state index contributed by atoms with van der Waals surface area (Å²) in [5.74, 6) is 2.19. The average Bonchev–Trinajstić information content (AvgIpc) is 3.48. The van der Waals surface area contributed by atoms with Crippen LogP contribution in [-0.2, 0) is 21.1 Å². The van der Waals surface area contributed by atoms with Gasteiger partial charge in [-0.1, -0.05) is 35.8 Å². The molecule has 0 radical (unpaired) electrons. The number of rotatable bonds is 4. The summed E-state index contributed by atoms with van der Waals surface area (Å²) in [6.07, 6.45) is 1.82. The van der Waals surface area contributed by atoms with Gasteiger partial charge in [-0.3, -0.25) is 0 Å². The molecule has 0 saturated carbocycles. The number of hydrogen-bond acceptors (Lipinski definition) is 2. The van der Waals surface area contributed by atoms with Gasteiger partial charge in [-0.05, 0) is 48.6 Å². The largest absolute Gasteiger partial charge is 0.509 e. The van der Waals surface area contributed by atoms with Crippen LogP contribution in [0.25, 0.3) is 27.6 Å². The van der Waals surface area contributed by atoms with E-state index < -0.39 is 0 Å². The van der Waals surface area contributed by atoms with Gasteiger partial charge >= 0.3 is 0 Å². The maximum absolute atomic E-state index is 6.42. The Morgan fingerprint density at radius 1 is 0.825 bits per heavy atom. The van der Waals surface area contributed by atoms with Crippen LogP contribution in [0.4, 0.5) is 17.1 Å². The first-order valence-corrected chi connectivity index (χ1v) is 13.3. The van der Waals surface area contributed by atoms with Gasteiger partial charge in [-0.25, -0.2) is 4.98 Å². The second-order valence-corrected chi connectivity index (χ2v) is 10.9. The number of pyridine rings is 1. The van der Waals surface area contributed by atoms with Crippen LogP contribution >= 0.6 is 0 Å². The summed E-state index contributed by atoms with van der Waals surface area (Å²) in [5.41, 5.74) is 8.49. The number of benzene rings is 4. The molecule has 0 amide bonds. The molecule has 40 heavy (non-hydrogen) atoms. The molecule has 2 atom stereocenters. The van der Waals surface area contributed by atoms with Gasteiger partial charge in [0.2, 0.25) is 0 Å². The summed E-state index contributed by atoms with van der Waals surface area (Å²) < 4.78 is 10.1. The molecule has 9 rings (SSSR count). The molecule has 3 aliphatic rings. The Balaban J connectivity index is 0.00000264. The van der Waals surface area contributed by atoms with Crippen molar-refractivity contribution in [2.75, 3.05) is 13.7 Å². The first-order valence-electron chi connectivity index (χ1n) is 13.3. The first-order chi connectivity index (χ1) is 19.0. The monoisotopic (exact) mass is 702 g/mol. The van der Waals surface area contributed by atoms with Crippen molar-refractivity contribution in [2.24, 2.45) is 0 Å². The molecule has 0 spiro atoms. The number of fused-ring (bicyclic) bond motifs is 3. The molecule has 4 aromatic carbocycles. The summed E-state index contributed by atoms with van der Waals surface area (Å²) in [6, 6.07) is 36.5. The number of nitrogens with zero attached hydrogens (tertiary/aromatic N) is 4. The number of quaternary nitrogens is 2. The van der Waals surface area contributed by atoms with Crippen LogP contribution in [0, 0.1) is 32.6 Å². The quantitative estimate of drug-likeness (QED) is 0.138. The van der Waals surface area contributed by atoms with Crippen molar-refractivity contribution < 1.29 is 25.8 Å². The van der Waals surface area contributed by atoms with Gasteiger partial charge in [-0.15, -0.1) is 29.7 Å². The molecule has 3 aliphatic heterocycles. The van der Waals surface area contributed by atoms with Crippen LogP contribution in [0.1, 0.15) is 11.1 Å². The van der Waals surface area contributed by atoms with Crippen molar-refractivity contribution in [3.63, 3.8) is 0 Å². The zero-order valence-electron chi connectivity index (χ0n) is 22.5. The molecule has 2 bridgehead atoms. The summed E-state index contributed by atoms with van der Waals surface area (Å²) in [4.78, 5) is 4.63. The van der Waals surface area contributed by atoms with Crippen LogP contribution in [0.5, 0.6) is 11.5 Å². The molecule has 200 valence electrons. The molecule has 0 aliphatic carbocycles. The third-order valence-corrected chi connectivity index (χ3v) is 8.38. The van der Waals surface area contributed by atoms with E-state index >= 15 is 0 Å². The molecule has 1 fully saturated rings. The molecular formula is C34H27N4OPt-. The SMILES string of the molecule is Cc1cc2c(cc1C)[N@@+]1(C)[CH-][N@+]2(c2[c-]c(Oc3[c-]c4c(cc3)c3ccccc3n4-c3ccccn3)ccc2)C1.[Pt]. The molecule has 0 unspecified atom stereocenters. The predicted octanol–water partition coefficient (Wildman–Crippen LogP) is 7.87. The van der Waals surface area contributed by atoms with Gasteiger partial charge in [-0.2, -0.15) is 12.1 Å². The van der Waals surface area contributed by atoms with E-state index in [1.807, 2.05) is 36.5 Å². The van der Waals surface area contributed by atoms with E-state index in [1.54, 1.807) is 0 Å². The molecular weight excluding hydrogens is 675 g/mol. The van der Waals surface area contributed by atoms with E-state index in [2.05, 4.69) is 104 Å². The zero-order chi connectivity index (χ0) is 26.4. The van der Waals surface area contributed by atoms with Crippen LogP contribution in [0.2, 0.25) is 0 Å². The Labute approximate surface area is 248 Å². The van der Waals surface area contributed by atoms with Crippen molar-refractivity contribution in [3.05, 3.63) is 121 Å². The van der Waals surface area contributed by atoms with Gasteiger partial charge in [0.05, 0.1) is 13.7 Å². The second-order valence-electron chi connectivity index (χ2n) is 10.9. The summed E-state index contributed by atoms with van der Waals surface area (Å²) in [5, 5.41) is 2.28. The van der Waals surface area contributed by atoms with Crippen molar-refractivity contribution in [1.82, 2.24) is 18.5 Å². The number of hydrogen-bond donors (Lipinski definition) is 0. The van der Waals surface area contributed by atoms with Crippen molar-refractivity contribution in [1.29, 1.82) is 0 Å². The fourth-order valence-electron chi connectivity index (χ4n) is 6.44. The Kier molecular flexibility index (Phi) is 5.59. The van der Waals surface area contributed by atoms with Gasteiger partial charge in [0.25, 0.3) is 0 Å². The number of aryl methyl sites for hydroxylation is 2. The van der Waals surface area contributed by atoms with E-state index in [-0.39, 0.29) is 21.1 Å². The number of ether oxygens (including phenoxy) is 1. The van der Waals surface area contributed by atoms with Crippen LogP contribution in [-0.4, -0.2) is 23.3 Å². The minimum atomic E-state index is 0. The molecule has 5 nitrogen and oxygen atoms in total. The standard InChI is InChI=1S/C34H27N4O.Pt/c1-23-17-32-33(18-24(23)2)38(21-37(32,3)22-38)25-9-8-10-26(19-25)39-27-14-15-29-28-11-4-5-12-30(28)36(31(29)20-27)34-13-6-7-16-35-34;/h4-18,21H,22H2,1-3H3;/q-1;/t37-,38+;/m0./s1. The fraction of sp³-hybridized carbons (Fsp3) is 0.118. The molecule has 0 N–H and O–H groups in total. The normalized spacial score (nSPS) is 20.7. The van der Waals surface area contributed by atoms with Gasteiger partial charge in [0, 0.05) is 62.1 Å². The van der Waals surface area contributed by atoms with E-state index in [4.69, 9.17) is 4.74 Å². The Hall–Kier alpha value is -3.76. The molecule has 2 aromatic heterocycles. The smallest absolute Gasteiger partial charge is 0.179 e. The maximum atomic E-state index is 6.42. The zero-order valence-corrected chi connectivity index (χ0v) is 24.7. The van der Waals surface area contributed by atoms with Crippen LogP contribution < -0.4 is 13.7 Å². The summed E-state index contributed by atoms with van der Waals surface area (Å²) >= 11 is 0. The minimum Gasteiger partial charge on any atom is -0.509 e. The van der Waals surface area contributed by atoms with Crippen LogP contribution in [0.15, 0.2) is 91.1 Å². The van der Waals surface area contributed by atoms with Gasteiger partial charge < -0.3 is 18.3 Å². The average molecular weight is 703 g/mol. The Morgan fingerprint density at radius 3 is 2.38 bits per heavy atom. The summed E-state index contributed by atoms with van der Waals surface area (Å²) in [6.45, 7) is 7.74. The molecule has 1 saturated heterocycles. The van der Waals surface area contributed by atoms with E-state index in [1.165, 1.54) is 22.5 Å². The van der Waals surface area contributed by atoms with Crippen molar-refractivity contribution in [3.8, 4) is 17.3 Å². The Bertz CT molecular complexity index is 1940. The minimum absolute atomic E-state index is 0. The van der Waals surface area contributed by atoms with Crippen LogP contribution in [0.3, 0.4) is 0 Å². The third-order valence-electron chi connectivity index (χ3n) is 8.38. The van der Waals surface area contributed by atoms with Gasteiger partial charge in [0.1, 0.15) is 5.82 Å². The number of para-hydroxylation sites is 1. The molecule has 6 heteroatoms.